The van der Waals surface area contributed by atoms with Crippen molar-refractivity contribution < 1.29 is 19.1 Å². The van der Waals surface area contributed by atoms with E-state index in [2.05, 4.69) is 0 Å². The molecule has 0 N–H and O–H groups in total. The van der Waals surface area contributed by atoms with E-state index in [9.17, 15) is 14.4 Å². The quantitative estimate of drug-likeness (QED) is 0.673. The minimum Gasteiger partial charge on any atom is -0.443 e. The summed E-state index contributed by atoms with van der Waals surface area (Å²) in [4.78, 5) is 40.3. The molecule has 2 aromatic rings. The van der Waals surface area contributed by atoms with Gasteiger partial charge in [-0.2, -0.15) is 0 Å². The Hall–Kier alpha value is -2.95. The van der Waals surface area contributed by atoms with E-state index in [0.29, 0.717) is 18.5 Å². The van der Waals surface area contributed by atoms with Crippen molar-refractivity contribution in [1.29, 1.82) is 0 Å². The van der Waals surface area contributed by atoms with E-state index < -0.39 is 17.1 Å². The first kappa shape index (κ1) is 21.8. The van der Waals surface area contributed by atoms with Crippen LogP contribution in [0.5, 0.6) is 0 Å². The van der Waals surface area contributed by atoms with Crippen LogP contribution >= 0.6 is 0 Å². The van der Waals surface area contributed by atoms with Gasteiger partial charge >= 0.3 is 6.09 Å². The van der Waals surface area contributed by atoms with Gasteiger partial charge in [0, 0.05) is 12.8 Å². The van der Waals surface area contributed by atoms with Gasteiger partial charge in [0.1, 0.15) is 16.8 Å². The predicted octanol–water partition coefficient (Wildman–Crippen LogP) is 5.32. The second-order valence-corrected chi connectivity index (χ2v) is 8.80. The number of aryl methyl sites for hydroxylation is 1. The Bertz CT molecular complexity index is 971. The number of Topliss-reactive ketones (excluding diaryl/α,β-unsaturated/α-hetero) is 1. The number of rotatable bonds is 5. The summed E-state index contributed by atoms with van der Waals surface area (Å²) in [5.74, 6) is -0.284. The zero-order chi connectivity index (χ0) is 22.1. The van der Waals surface area contributed by atoms with Crippen LogP contribution in [0.15, 0.2) is 48.5 Å². The average molecular weight is 408 g/mol. The topological polar surface area (TPSA) is 63.7 Å². The number of amides is 2. The Morgan fingerprint density at radius 2 is 1.67 bits per heavy atom. The lowest BCUT2D eigenvalue weighted by Gasteiger charge is -2.30. The van der Waals surface area contributed by atoms with Crippen LogP contribution in [0, 0.1) is 6.92 Å². The summed E-state index contributed by atoms with van der Waals surface area (Å²) in [5, 5.41) is 0. The first-order valence-electron chi connectivity index (χ1n) is 10.4. The molecule has 1 aliphatic heterocycles. The second kappa shape index (κ2) is 8.05. The van der Waals surface area contributed by atoms with Crippen molar-refractivity contribution in [2.75, 3.05) is 4.90 Å². The van der Waals surface area contributed by atoms with Crippen LogP contribution in [-0.2, 0) is 19.7 Å². The van der Waals surface area contributed by atoms with Crippen LogP contribution in [0.4, 0.5) is 10.5 Å². The molecule has 1 aliphatic rings. The number of ether oxygens (including phenoxy) is 1. The summed E-state index contributed by atoms with van der Waals surface area (Å²) in [6.45, 7) is 9.10. The molecule has 0 saturated carbocycles. The number of para-hydroxylation sites is 1. The molecule has 158 valence electrons. The third-order valence-corrected chi connectivity index (χ3v) is 5.47. The van der Waals surface area contributed by atoms with Gasteiger partial charge in [0.25, 0.3) is 5.91 Å². The van der Waals surface area contributed by atoms with Crippen LogP contribution in [0.25, 0.3) is 0 Å². The number of imide groups is 1. The highest BCUT2D eigenvalue weighted by atomic mass is 16.6. The van der Waals surface area contributed by atoms with Crippen molar-refractivity contribution >= 4 is 23.5 Å². The van der Waals surface area contributed by atoms with Crippen LogP contribution in [0.1, 0.15) is 63.6 Å². The second-order valence-electron chi connectivity index (χ2n) is 8.80. The number of benzene rings is 2. The van der Waals surface area contributed by atoms with E-state index in [4.69, 9.17) is 4.74 Å². The molecule has 0 aromatic heterocycles. The summed E-state index contributed by atoms with van der Waals surface area (Å²) >= 11 is 0. The number of fused-ring (bicyclic) bond motifs is 1. The molecule has 0 aliphatic carbocycles. The molecule has 5 nitrogen and oxygen atoms in total. The minimum absolute atomic E-state index is 0.0856. The molecule has 3 rings (SSSR count). The maximum Gasteiger partial charge on any atom is 0.421 e. The number of carbonyl (C=O) groups is 3. The fourth-order valence-corrected chi connectivity index (χ4v) is 3.94. The summed E-state index contributed by atoms with van der Waals surface area (Å²) in [7, 11) is 0. The molecule has 1 heterocycles. The third kappa shape index (κ3) is 3.89. The molecule has 30 heavy (non-hydrogen) atoms. The normalized spacial score (nSPS) is 18.3. The largest absolute Gasteiger partial charge is 0.443 e. The number of nitrogens with zero attached hydrogens (tertiary/aromatic N) is 1. The van der Waals surface area contributed by atoms with Gasteiger partial charge in [-0.25, -0.2) is 9.69 Å². The van der Waals surface area contributed by atoms with E-state index in [1.165, 1.54) is 0 Å². The molecule has 2 amide bonds. The molecule has 0 bridgehead atoms. The number of carbonyl (C=O) groups excluding carboxylic acids is 3. The smallest absolute Gasteiger partial charge is 0.421 e. The highest BCUT2D eigenvalue weighted by molar-refractivity contribution is 6.22. The summed E-state index contributed by atoms with van der Waals surface area (Å²) in [6.07, 6.45) is 0.274. The summed E-state index contributed by atoms with van der Waals surface area (Å²) < 4.78 is 5.54. The van der Waals surface area contributed by atoms with Gasteiger partial charge in [0.2, 0.25) is 0 Å². The summed E-state index contributed by atoms with van der Waals surface area (Å²) in [6, 6.07) is 15.0. The van der Waals surface area contributed by atoms with Crippen molar-refractivity contribution in [3.8, 4) is 0 Å². The van der Waals surface area contributed by atoms with Gasteiger partial charge in [0.15, 0.2) is 0 Å². The highest BCUT2D eigenvalue weighted by Gasteiger charge is 2.54. The van der Waals surface area contributed by atoms with Gasteiger partial charge in [0.05, 0.1) is 5.69 Å². The molecule has 0 spiro atoms. The highest BCUT2D eigenvalue weighted by Crippen LogP contribution is 2.49. The van der Waals surface area contributed by atoms with Crippen molar-refractivity contribution in [2.24, 2.45) is 0 Å². The van der Waals surface area contributed by atoms with E-state index >= 15 is 0 Å². The molecule has 0 fully saturated rings. The predicted molar refractivity (Wildman–Crippen MR) is 117 cm³/mol. The van der Waals surface area contributed by atoms with E-state index in [1.807, 2.05) is 50.2 Å². The maximum atomic E-state index is 13.9. The zero-order valence-electron chi connectivity index (χ0n) is 18.3. The lowest BCUT2D eigenvalue weighted by molar-refractivity contribution is -0.122. The van der Waals surface area contributed by atoms with Crippen LogP contribution in [-0.4, -0.2) is 23.4 Å². The number of ketones is 1. The maximum absolute atomic E-state index is 13.9. The van der Waals surface area contributed by atoms with Crippen LogP contribution < -0.4 is 4.90 Å². The summed E-state index contributed by atoms with van der Waals surface area (Å²) in [5.41, 5.74) is 1.25. The molecule has 2 aromatic carbocycles. The third-order valence-electron chi connectivity index (χ3n) is 5.47. The Kier molecular flexibility index (Phi) is 5.84. The number of hydrogen-bond acceptors (Lipinski definition) is 4. The van der Waals surface area contributed by atoms with Crippen molar-refractivity contribution in [2.45, 2.75) is 64.9 Å². The van der Waals surface area contributed by atoms with Gasteiger partial charge < -0.3 is 4.74 Å². The van der Waals surface area contributed by atoms with E-state index in [-0.39, 0.29) is 18.1 Å². The lowest BCUT2D eigenvalue weighted by atomic mass is 9.71. The molecular formula is C25H29NO4. The fraction of sp³-hybridized carbons (Fsp3) is 0.400. The Balaban J connectivity index is 2.18. The number of hydrogen-bond donors (Lipinski definition) is 0. The molecule has 0 saturated heterocycles. The van der Waals surface area contributed by atoms with Gasteiger partial charge in [-0.05, 0) is 51.3 Å². The fourth-order valence-electron chi connectivity index (χ4n) is 3.94. The Labute approximate surface area is 178 Å². The molecular weight excluding hydrogens is 378 g/mol. The average Bonchev–Trinajstić information content (AvgIpc) is 2.94. The van der Waals surface area contributed by atoms with E-state index in [1.54, 1.807) is 32.9 Å². The zero-order valence-corrected chi connectivity index (χ0v) is 18.3. The van der Waals surface area contributed by atoms with Gasteiger partial charge in [-0.15, -0.1) is 0 Å². The van der Waals surface area contributed by atoms with Crippen molar-refractivity contribution in [3.05, 3.63) is 65.2 Å². The van der Waals surface area contributed by atoms with E-state index in [0.717, 1.165) is 21.6 Å². The lowest BCUT2D eigenvalue weighted by Crippen LogP contribution is -2.46. The first-order chi connectivity index (χ1) is 14.1. The van der Waals surface area contributed by atoms with Gasteiger partial charge in [-0.3, -0.25) is 9.59 Å². The monoisotopic (exact) mass is 407 g/mol. The van der Waals surface area contributed by atoms with Gasteiger partial charge in [-0.1, -0.05) is 55.0 Å². The standard InChI is InChI=1S/C25H29NO4/c1-6-19(27)15-16-25(18-13-11-17(2)12-14-18)20-9-7-8-10-21(20)26(22(25)28)23(29)30-24(3,4)5/h7-14H,6,15-16H2,1-5H3/t25-/m0/s1. The van der Waals surface area contributed by atoms with Crippen LogP contribution in [0.3, 0.4) is 0 Å². The number of anilines is 1. The van der Waals surface area contributed by atoms with Crippen molar-refractivity contribution in [1.82, 2.24) is 0 Å². The molecule has 1 atom stereocenters. The molecule has 5 heteroatoms. The first-order valence-corrected chi connectivity index (χ1v) is 10.4. The minimum atomic E-state index is -1.11. The van der Waals surface area contributed by atoms with Crippen molar-refractivity contribution in [3.63, 3.8) is 0 Å². The SMILES string of the molecule is CCC(=O)CC[C@@]1(c2ccc(C)cc2)C(=O)N(C(=O)OC(C)(C)C)c2ccccc21. The Morgan fingerprint density at radius 1 is 1.03 bits per heavy atom. The Morgan fingerprint density at radius 3 is 2.27 bits per heavy atom. The van der Waals surface area contributed by atoms with Crippen LogP contribution in [0.2, 0.25) is 0 Å². The molecule has 0 radical (unpaired) electrons. The molecule has 0 unspecified atom stereocenters.